The van der Waals surface area contributed by atoms with Crippen molar-refractivity contribution in [3.05, 3.63) is 145 Å². The number of hydrogen-bond acceptors (Lipinski definition) is 31. The number of rotatable bonds is 48. The number of aliphatic hydroxyl groups is 1. The van der Waals surface area contributed by atoms with E-state index in [1.807, 2.05) is 202 Å². The molecule has 0 amide bonds. The first-order valence-corrected chi connectivity index (χ1v) is 49.9. The SMILES string of the molecule is C=C(C)C(=O)OCC(O)COC(=O)C(C)(C)CC.C=C(C)C(=O)OCCCC(=O)OCCOC(=O)C(C)(C)CC.C=CC(=O)OCCCC(=O)OCCOC(=O)C(C)(C)CC.CCC(C)(C)C(=O)O.CCC(C)(C)C(=O)O.CCC(C)(C)C(=O)O.CCC(C)(C)C(=O)OCc1ccccc1.CCC(C)(C)C(=O)OCc1ccccc1.CCC(C)(C)C(=O)OCc1ccccc1.CCC1(C(=O)OC)COCC(C)(C(=O)OC)C1. The van der Waals surface area contributed by atoms with Gasteiger partial charge in [-0.1, -0.05) is 180 Å². The van der Waals surface area contributed by atoms with Crippen molar-refractivity contribution in [2.75, 3.05) is 80.3 Å². The Hall–Kier alpha value is -11.7. The van der Waals surface area contributed by atoms with Crippen molar-refractivity contribution >= 4 is 95.5 Å². The first-order chi connectivity index (χ1) is 67.9. The number of carbonyl (C=O) groups excluding carboxylic acids is 13. The van der Waals surface area contributed by atoms with Crippen LogP contribution in [0.5, 0.6) is 0 Å². The van der Waals surface area contributed by atoms with Crippen LogP contribution in [0.2, 0.25) is 0 Å². The van der Waals surface area contributed by atoms with Gasteiger partial charge < -0.3 is 86.7 Å². The van der Waals surface area contributed by atoms with Gasteiger partial charge in [-0.15, -0.1) is 0 Å². The number of aliphatic carboxylic acids is 3. The molecule has 34 heteroatoms. The largest absolute Gasteiger partial charge is 0.481 e. The fourth-order valence-electron chi connectivity index (χ4n) is 9.27. The molecule has 0 spiro atoms. The van der Waals surface area contributed by atoms with E-state index in [-0.39, 0.29) is 142 Å². The molecule has 4 rings (SSSR count). The smallest absolute Gasteiger partial charge is 0.333 e. The Bertz CT molecular complexity index is 4220. The molecule has 3 unspecified atom stereocenters. The maximum absolute atomic E-state index is 11.9. The second-order valence-electron chi connectivity index (χ2n) is 40.9. The van der Waals surface area contributed by atoms with Crippen molar-refractivity contribution in [1.29, 1.82) is 0 Å². The van der Waals surface area contributed by atoms with Crippen LogP contribution in [0.3, 0.4) is 0 Å². The van der Waals surface area contributed by atoms with E-state index in [2.05, 4.69) is 19.7 Å². The van der Waals surface area contributed by atoms with Crippen LogP contribution in [0.4, 0.5) is 0 Å². The number of benzene rings is 3. The number of methoxy groups -OCH3 is 2. The van der Waals surface area contributed by atoms with Crippen LogP contribution in [0.25, 0.3) is 0 Å². The van der Waals surface area contributed by atoms with E-state index in [4.69, 9.17) is 81.6 Å². The zero-order valence-corrected chi connectivity index (χ0v) is 94.8. The third-order valence-corrected chi connectivity index (χ3v) is 24.5. The van der Waals surface area contributed by atoms with Crippen LogP contribution in [-0.2, 0) is 163 Å². The van der Waals surface area contributed by atoms with Crippen molar-refractivity contribution in [2.45, 2.75) is 337 Å². The minimum atomic E-state index is -1.02. The lowest BCUT2D eigenvalue weighted by atomic mass is 9.69. The molecule has 3 aromatic carbocycles. The second kappa shape index (κ2) is 75.1. The summed E-state index contributed by atoms with van der Waals surface area (Å²) in [6.45, 7) is 68.2. The summed E-state index contributed by atoms with van der Waals surface area (Å²) in [5.41, 5.74) is -2.27. The molecule has 0 radical (unpaired) electrons. The zero-order chi connectivity index (χ0) is 115. The predicted molar refractivity (Wildman–Crippen MR) is 561 cm³/mol. The molecule has 1 fully saturated rings. The van der Waals surface area contributed by atoms with E-state index >= 15 is 0 Å². The molecule has 3 aromatic rings. The summed E-state index contributed by atoms with van der Waals surface area (Å²) >= 11 is 0. The third-order valence-electron chi connectivity index (χ3n) is 24.5. The minimum absolute atomic E-state index is 0.0237. The van der Waals surface area contributed by atoms with Crippen LogP contribution < -0.4 is 0 Å². The maximum Gasteiger partial charge on any atom is 0.333 e. The highest BCUT2D eigenvalue weighted by atomic mass is 16.6. The van der Waals surface area contributed by atoms with E-state index < -0.39 is 97.2 Å². The van der Waals surface area contributed by atoms with Crippen molar-refractivity contribution in [2.24, 2.45) is 59.6 Å². The number of hydrogen-bond donors (Lipinski definition) is 4. The molecule has 0 bridgehead atoms. The van der Waals surface area contributed by atoms with Gasteiger partial charge in [-0.05, 0) is 246 Å². The number of carboxylic acid groups (broad SMARTS) is 3. The van der Waals surface area contributed by atoms with Gasteiger partial charge in [-0.2, -0.15) is 0 Å². The Morgan fingerprint density at radius 1 is 0.354 bits per heavy atom. The summed E-state index contributed by atoms with van der Waals surface area (Å²) in [5, 5.41) is 34.8. The predicted octanol–water partition coefficient (Wildman–Crippen LogP) is 21.0. The molecule has 0 saturated carbocycles. The lowest BCUT2D eigenvalue weighted by Gasteiger charge is -2.42. The molecule has 147 heavy (non-hydrogen) atoms. The number of esters is 13. The molecule has 1 heterocycles. The lowest BCUT2D eigenvalue weighted by Crippen LogP contribution is -2.50. The van der Waals surface area contributed by atoms with Crippen LogP contribution in [-0.4, -0.2) is 202 Å². The molecule has 34 nitrogen and oxygen atoms in total. The van der Waals surface area contributed by atoms with Crippen molar-refractivity contribution in [1.82, 2.24) is 0 Å². The molecule has 0 aromatic heterocycles. The van der Waals surface area contributed by atoms with Gasteiger partial charge in [0.25, 0.3) is 0 Å². The fourth-order valence-corrected chi connectivity index (χ4v) is 9.27. The molecule has 1 aliphatic heterocycles. The van der Waals surface area contributed by atoms with E-state index in [0.717, 1.165) is 42.0 Å². The van der Waals surface area contributed by atoms with Crippen LogP contribution >= 0.6 is 0 Å². The Morgan fingerprint density at radius 2 is 0.612 bits per heavy atom. The maximum atomic E-state index is 11.9. The van der Waals surface area contributed by atoms with Gasteiger partial charge in [0, 0.05) is 30.1 Å². The van der Waals surface area contributed by atoms with Crippen molar-refractivity contribution in [3.63, 3.8) is 0 Å². The van der Waals surface area contributed by atoms with E-state index in [1.165, 1.54) is 21.1 Å². The third kappa shape index (κ3) is 65.6. The van der Waals surface area contributed by atoms with Gasteiger partial charge in [0.05, 0.1) is 100 Å². The molecule has 1 aliphatic rings. The average Bonchev–Trinajstić information content (AvgIpc) is 0.774. The van der Waals surface area contributed by atoms with Gasteiger partial charge in [-0.3, -0.25) is 62.3 Å². The average molecular weight is 2080 g/mol. The topological polar surface area (TPSA) is 483 Å². The summed E-state index contributed by atoms with van der Waals surface area (Å²) < 4.78 is 69.9. The van der Waals surface area contributed by atoms with Crippen LogP contribution in [0.15, 0.2) is 128 Å². The zero-order valence-electron chi connectivity index (χ0n) is 94.8. The minimum Gasteiger partial charge on any atom is -0.481 e. The lowest BCUT2D eigenvalue weighted by molar-refractivity contribution is -0.181. The van der Waals surface area contributed by atoms with Crippen molar-refractivity contribution < 1.29 is 163 Å². The molecular formula is C113H182O34. The molecule has 4 N–H and O–H groups in total. The Kier molecular flexibility index (Phi) is 74.6. The van der Waals surface area contributed by atoms with Gasteiger partial charge in [0.15, 0.2) is 0 Å². The summed E-state index contributed by atoms with van der Waals surface area (Å²) in [4.78, 5) is 180. The molecule has 3 atom stereocenters. The monoisotopic (exact) mass is 2080 g/mol. The highest BCUT2D eigenvalue weighted by Gasteiger charge is 2.52. The number of carboxylic acids is 3. The van der Waals surface area contributed by atoms with Gasteiger partial charge >= 0.3 is 95.5 Å². The Labute approximate surface area is 876 Å². The van der Waals surface area contributed by atoms with Gasteiger partial charge in [0.1, 0.15) is 65.6 Å². The molecule has 0 aliphatic carbocycles. The first-order valence-electron chi connectivity index (χ1n) is 49.9. The molecule has 838 valence electrons. The number of ether oxygens (including phenoxy) is 14. The van der Waals surface area contributed by atoms with E-state index in [9.17, 15) is 81.8 Å². The fraction of sp³-hybridized carbons (Fsp3) is 0.646. The number of aliphatic hydroxyl groups excluding tert-OH is 1. The van der Waals surface area contributed by atoms with Crippen LogP contribution in [0.1, 0.15) is 328 Å². The van der Waals surface area contributed by atoms with Crippen LogP contribution in [0, 0.1) is 59.6 Å². The summed E-state index contributed by atoms with van der Waals surface area (Å²) in [5.74, 6) is -6.63. The second-order valence-corrected chi connectivity index (χ2v) is 40.9. The standard InChI is InChI=1S/C16H26O6.C15H24O6.C13H22O5.3C13H18O2.C12H20O5.3C6H12O2/c1-6-16(4,5)15(19)22-11-10-20-13(17)8-7-9-21-14(18)12(2)3;1-5-12(16)19-9-7-8-13(17)20-10-11-21-14(18)15(3,4)6-2;1-6-13(4,5)12(16)18-8-10(14)7-17-11(15)9(2)3;3*1-4-13(2,3)12(14)15-10-11-8-6-5-7-9-11;1-5-12(10(14)16-4)6-11(2,7-17-8-12)9(13)15-3;3*1-4-6(2,3)5(7)8/h2,6-11H2,1,3-5H3;5H,1,6-11H2,2-4H3;10,14H,2,6-8H2,1,3-5H3;3*5-9H,4,10H2,1-3H3;5-8H2,1-4H3;3*4H2,1-3H3,(H,7,8). The first kappa shape index (κ1) is 146. The quantitative estimate of drug-likeness (QED) is 0.0176. The molecule has 1 saturated heterocycles. The summed E-state index contributed by atoms with van der Waals surface area (Å²) in [6.07, 6.45) is 8.46. The Balaban J connectivity index is -0.000000381. The molecular weight excluding hydrogens is 1900 g/mol. The highest BCUT2D eigenvalue weighted by Crippen LogP contribution is 2.43. The summed E-state index contributed by atoms with van der Waals surface area (Å²) in [7, 11) is 2.69. The number of carbonyl (C=O) groups is 16. The van der Waals surface area contributed by atoms with E-state index in [0.29, 0.717) is 96.2 Å². The normalized spacial score (nSPS) is 13.8. The van der Waals surface area contributed by atoms with Gasteiger partial charge in [-0.25, -0.2) is 14.4 Å². The Morgan fingerprint density at radius 3 is 0.864 bits per heavy atom. The van der Waals surface area contributed by atoms with E-state index in [1.54, 1.807) is 96.9 Å². The highest BCUT2D eigenvalue weighted by molar-refractivity contribution is 5.88. The van der Waals surface area contributed by atoms with Crippen molar-refractivity contribution in [3.8, 4) is 0 Å². The van der Waals surface area contributed by atoms with Gasteiger partial charge in [0.2, 0.25) is 0 Å². The summed E-state index contributed by atoms with van der Waals surface area (Å²) in [6, 6.07) is 29.2.